The Hall–Kier alpha value is -3.75. The number of aryl methyl sites for hydroxylation is 1. The van der Waals surface area contributed by atoms with Crippen LogP contribution in [0.15, 0.2) is 42.7 Å². The van der Waals surface area contributed by atoms with Crippen LogP contribution in [0.2, 0.25) is 0 Å². The third kappa shape index (κ3) is 3.20. The molecule has 0 atom stereocenters. The van der Waals surface area contributed by atoms with E-state index in [1.807, 2.05) is 0 Å². The summed E-state index contributed by atoms with van der Waals surface area (Å²) in [5, 5.41) is 12.3. The van der Waals surface area contributed by atoms with Crippen molar-refractivity contribution >= 4 is 11.6 Å². The Kier molecular flexibility index (Phi) is 4.71. The van der Waals surface area contributed by atoms with Gasteiger partial charge >= 0.3 is 5.97 Å². The van der Waals surface area contributed by atoms with Crippen molar-refractivity contribution in [2.45, 2.75) is 13.8 Å². The normalized spacial score (nSPS) is 11.0. The van der Waals surface area contributed by atoms with E-state index in [1.165, 1.54) is 22.8 Å². The van der Waals surface area contributed by atoms with E-state index in [4.69, 9.17) is 4.74 Å². The Balaban J connectivity index is 1.87. The predicted molar refractivity (Wildman–Crippen MR) is 100 cm³/mol. The van der Waals surface area contributed by atoms with Gasteiger partial charge in [0.25, 0.3) is 0 Å². The fourth-order valence-corrected chi connectivity index (χ4v) is 2.97. The van der Waals surface area contributed by atoms with Gasteiger partial charge in [-0.3, -0.25) is 4.98 Å². The highest BCUT2D eigenvalue weighted by Gasteiger charge is 2.19. The van der Waals surface area contributed by atoms with Gasteiger partial charge in [-0.05, 0) is 38.1 Å². The molecule has 0 aliphatic carbocycles. The van der Waals surface area contributed by atoms with Crippen LogP contribution in [0.4, 0.5) is 8.78 Å². The van der Waals surface area contributed by atoms with Gasteiger partial charge in [-0.15, -0.1) is 10.2 Å². The van der Waals surface area contributed by atoms with Crippen LogP contribution in [-0.2, 0) is 4.74 Å². The average Bonchev–Trinajstić information content (AvgIpc) is 3.15. The number of fused-ring (bicyclic) bond motifs is 1. The second kappa shape index (κ2) is 7.34. The molecule has 0 spiro atoms. The minimum absolute atomic E-state index is 0.0589. The van der Waals surface area contributed by atoms with Crippen molar-refractivity contribution in [3.63, 3.8) is 0 Å². The van der Waals surface area contributed by atoms with Gasteiger partial charge in [0.2, 0.25) is 0 Å². The first kappa shape index (κ1) is 18.6. The van der Waals surface area contributed by atoms with Crippen molar-refractivity contribution in [1.29, 1.82) is 0 Å². The van der Waals surface area contributed by atoms with Crippen molar-refractivity contribution in [3.8, 4) is 22.5 Å². The summed E-state index contributed by atoms with van der Waals surface area (Å²) in [6, 6.07) is 7.13. The molecule has 0 amide bonds. The molecule has 4 aromatic rings. The zero-order valence-electron chi connectivity index (χ0n) is 15.6. The van der Waals surface area contributed by atoms with Crippen LogP contribution in [0.5, 0.6) is 0 Å². The van der Waals surface area contributed by atoms with Crippen LogP contribution < -0.4 is 0 Å². The highest BCUT2D eigenvalue weighted by molar-refractivity contribution is 5.92. The maximum absolute atomic E-state index is 14.2. The van der Waals surface area contributed by atoms with Crippen molar-refractivity contribution < 1.29 is 18.3 Å². The molecule has 7 nitrogen and oxygen atoms in total. The van der Waals surface area contributed by atoms with Gasteiger partial charge in [-0.2, -0.15) is 9.61 Å². The predicted octanol–water partition coefficient (Wildman–Crippen LogP) is 3.62. The van der Waals surface area contributed by atoms with Gasteiger partial charge in [0.15, 0.2) is 23.1 Å². The highest BCUT2D eigenvalue weighted by Crippen LogP contribution is 2.28. The number of pyridine rings is 1. The largest absolute Gasteiger partial charge is 0.462 e. The number of esters is 1. The monoisotopic (exact) mass is 395 g/mol. The molecule has 4 rings (SSSR count). The van der Waals surface area contributed by atoms with Crippen molar-refractivity contribution in [2.24, 2.45) is 0 Å². The Labute approximate surface area is 164 Å². The Morgan fingerprint density at radius 1 is 1.17 bits per heavy atom. The Morgan fingerprint density at radius 3 is 2.79 bits per heavy atom. The topological polar surface area (TPSA) is 82.3 Å². The van der Waals surface area contributed by atoms with E-state index in [0.717, 1.165) is 6.07 Å². The molecule has 0 aliphatic rings. The molecule has 0 unspecified atom stereocenters. The number of rotatable bonds is 4. The molecule has 0 bridgehead atoms. The fourth-order valence-electron chi connectivity index (χ4n) is 2.97. The summed E-state index contributed by atoms with van der Waals surface area (Å²) >= 11 is 0. The summed E-state index contributed by atoms with van der Waals surface area (Å²) in [5.41, 5.74) is 2.28. The third-order valence-corrected chi connectivity index (χ3v) is 4.39. The van der Waals surface area contributed by atoms with Crippen LogP contribution in [0.1, 0.15) is 23.0 Å². The SMILES string of the molecule is CCOC(=O)c1cc(-c2ccnn3c(-c4cccc(F)c4F)nnc23)cnc1C. The van der Waals surface area contributed by atoms with Crippen molar-refractivity contribution in [1.82, 2.24) is 24.8 Å². The van der Waals surface area contributed by atoms with E-state index >= 15 is 0 Å². The zero-order valence-corrected chi connectivity index (χ0v) is 15.6. The summed E-state index contributed by atoms with van der Waals surface area (Å²) in [6.45, 7) is 3.68. The van der Waals surface area contributed by atoms with E-state index in [1.54, 1.807) is 32.2 Å². The maximum Gasteiger partial charge on any atom is 0.339 e. The van der Waals surface area contributed by atoms with E-state index in [0.29, 0.717) is 28.0 Å². The highest BCUT2D eigenvalue weighted by atomic mass is 19.2. The standard InChI is InChI=1S/C20H15F2N5O2/c1-3-29-20(28)15-9-12(10-23-11(15)2)13-7-8-24-27-18(13)25-26-19(27)14-5-4-6-16(21)17(14)22/h4-10H,3H2,1-2H3. The van der Waals surface area contributed by atoms with Gasteiger partial charge in [0, 0.05) is 23.5 Å². The van der Waals surface area contributed by atoms with E-state index < -0.39 is 17.6 Å². The number of ether oxygens (including phenoxy) is 1. The summed E-state index contributed by atoms with van der Waals surface area (Å²) in [4.78, 5) is 16.5. The summed E-state index contributed by atoms with van der Waals surface area (Å²) in [5.74, 6) is -2.44. The van der Waals surface area contributed by atoms with E-state index in [9.17, 15) is 13.6 Å². The lowest BCUT2D eigenvalue weighted by Crippen LogP contribution is -2.08. The van der Waals surface area contributed by atoms with Crippen molar-refractivity contribution in [2.75, 3.05) is 6.61 Å². The Morgan fingerprint density at radius 2 is 2.00 bits per heavy atom. The number of nitrogens with zero attached hydrogens (tertiary/aromatic N) is 5. The molecule has 0 N–H and O–H groups in total. The number of hydrogen-bond acceptors (Lipinski definition) is 6. The zero-order chi connectivity index (χ0) is 20.5. The van der Waals surface area contributed by atoms with Gasteiger partial charge in [-0.1, -0.05) is 6.07 Å². The maximum atomic E-state index is 14.2. The number of halogens is 2. The number of carbonyl (C=O) groups excluding carboxylic acids is 1. The molecule has 0 aliphatic heterocycles. The number of benzene rings is 1. The molecule has 0 fully saturated rings. The van der Waals surface area contributed by atoms with Crippen LogP contribution in [0, 0.1) is 18.6 Å². The van der Waals surface area contributed by atoms with Crippen LogP contribution >= 0.6 is 0 Å². The first-order valence-corrected chi connectivity index (χ1v) is 8.80. The molecule has 3 aromatic heterocycles. The van der Waals surface area contributed by atoms with E-state index in [2.05, 4.69) is 20.3 Å². The lowest BCUT2D eigenvalue weighted by molar-refractivity contribution is 0.0525. The second-order valence-electron chi connectivity index (χ2n) is 6.18. The minimum Gasteiger partial charge on any atom is -0.462 e. The number of aromatic nitrogens is 5. The van der Waals surface area contributed by atoms with Gasteiger partial charge in [0.1, 0.15) is 0 Å². The van der Waals surface area contributed by atoms with Crippen LogP contribution in [0.3, 0.4) is 0 Å². The molecule has 0 saturated heterocycles. The van der Waals surface area contributed by atoms with Gasteiger partial charge < -0.3 is 4.74 Å². The first-order chi connectivity index (χ1) is 14.0. The van der Waals surface area contributed by atoms with E-state index in [-0.39, 0.29) is 18.0 Å². The molecule has 0 radical (unpaired) electrons. The quantitative estimate of drug-likeness (QED) is 0.491. The molecule has 29 heavy (non-hydrogen) atoms. The number of hydrogen-bond donors (Lipinski definition) is 0. The fraction of sp³-hybridized carbons (Fsp3) is 0.150. The smallest absolute Gasteiger partial charge is 0.339 e. The molecule has 1 aromatic carbocycles. The number of carbonyl (C=O) groups is 1. The first-order valence-electron chi connectivity index (χ1n) is 8.80. The summed E-state index contributed by atoms with van der Waals surface area (Å²) in [7, 11) is 0. The molecular weight excluding hydrogens is 380 g/mol. The molecular formula is C20H15F2N5O2. The molecule has 3 heterocycles. The average molecular weight is 395 g/mol. The molecule has 146 valence electrons. The van der Waals surface area contributed by atoms with Crippen LogP contribution in [-0.4, -0.2) is 37.4 Å². The molecule has 9 heteroatoms. The van der Waals surface area contributed by atoms with Crippen LogP contribution in [0.25, 0.3) is 28.2 Å². The van der Waals surface area contributed by atoms with Gasteiger partial charge in [0.05, 0.1) is 23.4 Å². The Bertz CT molecular complexity index is 1240. The second-order valence-corrected chi connectivity index (χ2v) is 6.18. The lowest BCUT2D eigenvalue weighted by atomic mass is 10.1. The van der Waals surface area contributed by atoms with Crippen molar-refractivity contribution in [3.05, 3.63) is 65.6 Å². The third-order valence-electron chi connectivity index (χ3n) is 4.39. The molecule has 0 saturated carbocycles. The summed E-state index contributed by atoms with van der Waals surface area (Å²) in [6.07, 6.45) is 3.07. The lowest BCUT2D eigenvalue weighted by Gasteiger charge is -2.08. The van der Waals surface area contributed by atoms with Gasteiger partial charge in [-0.25, -0.2) is 13.6 Å². The summed E-state index contributed by atoms with van der Waals surface area (Å²) < 4.78 is 34.2. The minimum atomic E-state index is -1.03.